The van der Waals surface area contributed by atoms with Gasteiger partial charge in [0.25, 0.3) is 0 Å². The summed E-state index contributed by atoms with van der Waals surface area (Å²) in [6, 6.07) is 10.6. The maximum Gasteiger partial charge on any atom is 0.161 e. The number of nitrogens with zero attached hydrogens (tertiary/aromatic N) is 1. The van der Waals surface area contributed by atoms with Crippen molar-refractivity contribution in [3.63, 3.8) is 0 Å². The third kappa shape index (κ3) is 2.05. The minimum Gasteiger partial charge on any atom is -0.473 e. The Balaban J connectivity index is 1.75. The number of rotatable bonds is 1. The fourth-order valence-corrected chi connectivity index (χ4v) is 3.37. The van der Waals surface area contributed by atoms with Gasteiger partial charge in [-0.25, -0.2) is 0 Å². The molecule has 3 heteroatoms. The zero-order valence-electron chi connectivity index (χ0n) is 12.9. The molecule has 3 nitrogen and oxygen atoms in total. The van der Waals surface area contributed by atoms with E-state index < -0.39 is 0 Å². The molecule has 0 amide bonds. The fraction of sp³-hybridized carbons (Fsp3) is 0.263. The zero-order chi connectivity index (χ0) is 15.1. The first kappa shape index (κ1) is 13.3. The molecular formula is C19H19NO2. The number of hydrogen-bond acceptors (Lipinski definition) is 3. The van der Waals surface area contributed by atoms with Crippen LogP contribution in [0.5, 0.6) is 11.5 Å². The third-order valence-electron chi connectivity index (χ3n) is 4.40. The molecule has 2 aromatic carbocycles. The number of fused-ring (bicyclic) bond motifs is 3. The van der Waals surface area contributed by atoms with E-state index in [2.05, 4.69) is 49.1 Å². The molecule has 2 aliphatic rings. The molecule has 0 atom stereocenters. The van der Waals surface area contributed by atoms with Crippen LogP contribution >= 0.6 is 0 Å². The van der Waals surface area contributed by atoms with E-state index in [0.29, 0.717) is 6.73 Å². The Labute approximate surface area is 130 Å². The first-order valence-corrected chi connectivity index (χ1v) is 7.64. The second-order valence-corrected chi connectivity index (χ2v) is 5.94. The van der Waals surface area contributed by atoms with Crippen LogP contribution in [0.4, 0.5) is 5.69 Å². The van der Waals surface area contributed by atoms with E-state index in [1.165, 1.54) is 22.4 Å². The third-order valence-corrected chi connectivity index (χ3v) is 4.40. The van der Waals surface area contributed by atoms with Crippen molar-refractivity contribution in [3.8, 4) is 11.5 Å². The summed E-state index contributed by atoms with van der Waals surface area (Å²) in [5, 5.41) is 0. The lowest BCUT2D eigenvalue weighted by Crippen LogP contribution is -2.33. The maximum atomic E-state index is 5.99. The molecule has 2 heterocycles. The molecular weight excluding hydrogens is 274 g/mol. The molecule has 0 saturated heterocycles. The van der Waals surface area contributed by atoms with Gasteiger partial charge in [-0.05, 0) is 49.1 Å². The number of hydrogen-bond donors (Lipinski definition) is 0. The van der Waals surface area contributed by atoms with Crippen molar-refractivity contribution in [2.24, 2.45) is 0 Å². The lowest BCUT2D eigenvalue weighted by Gasteiger charge is -2.34. The molecule has 0 saturated carbocycles. The van der Waals surface area contributed by atoms with Crippen LogP contribution in [0.3, 0.4) is 0 Å². The minimum atomic E-state index is 0.577. The van der Waals surface area contributed by atoms with Crippen molar-refractivity contribution >= 4 is 5.69 Å². The van der Waals surface area contributed by atoms with E-state index in [9.17, 15) is 0 Å². The van der Waals surface area contributed by atoms with Crippen molar-refractivity contribution in [2.45, 2.75) is 26.8 Å². The number of allylic oxidation sites excluding steroid dienone is 1. The van der Waals surface area contributed by atoms with Crippen LogP contribution in [0.15, 0.2) is 42.7 Å². The lowest BCUT2D eigenvalue weighted by molar-refractivity contribution is 0.284. The van der Waals surface area contributed by atoms with E-state index in [0.717, 1.165) is 30.0 Å². The zero-order valence-corrected chi connectivity index (χ0v) is 12.9. The highest BCUT2D eigenvalue weighted by Gasteiger charge is 2.25. The van der Waals surface area contributed by atoms with Crippen LogP contribution < -0.4 is 14.4 Å². The van der Waals surface area contributed by atoms with E-state index in [1.807, 2.05) is 6.08 Å². The van der Waals surface area contributed by atoms with Gasteiger partial charge in [-0.1, -0.05) is 24.3 Å². The lowest BCUT2D eigenvalue weighted by atomic mass is 10.0. The molecule has 4 rings (SSSR count). The average Bonchev–Trinajstić information content (AvgIpc) is 2.54. The van der Waals surface area contributed by atoms with E-state index in [1.54, 1.807) is 6.26 Å². The van der Waals surface area contributed by atoms with Crippen LogP contribution in [0.1, 0.15) is 22.3 Å². The highest BCUT2D eigenvalue weighted by Crippen LogP contribution is 2.40. The minimum absolute atomic E-state index is 0.577. The Hall–Kier alpha value is -2.42. The van der Waals surface area contributed by atoms with Gasteiger partial charge in [-0.3, -0.25) is 0 Å². The molecule has 0 unspecified atom stereocenters. The summed E-state index contributed by atoms with van der Waals surface area (Å²) >= 11 is 0. The topological polar surface area (TPSA) is 21.7 Å². The second-order valence-electron chi connectivity index (χ2n) is 5.94. The summed E-state index contributed by atoms with van der Waals surface area (Å²) in [6.07, 6.45) is 4.74. The van der Waals surface area contributed by atoms with Crippen LogP contribution in [0.25, 0.3) is 0 Å². The molecule has 0 fully saturated rings. The Bertz CT molecular complexity index is 744. The first-order valence-electron chi connectivity index (χ1n) is 7.64. The normalized spacial score (nSPS) is 15.6. The molecule has 0 radical (unpaired) electrons. The molecule has 2 aliphatic heterocycles. The van der Waals surface area contributed by atoms with Crippen molar-refractivity contribution in [3.05, 3.63) is 64.9 Å². The molecule has 0 bridgehead atoms. The van der Waals surface area contributed by atoms with E-state index >= 15 is 0 Å². The van der Waals surface area contributed by atoms with Crippen molar-refractivity contribution < 1.29 is 9.47 Å². The molecule has 0 N–H and O–H groups in total. The second kappa shape index (κ2) is 5.09. The van der Waals surface area contributed by atoms with Gasteiger partial charge in [0.1, 0.15) is 11.5 Å². The monoisotopic (exact) mass is 293 g/mol. The van der Waals surface area contributed by atoms with Crippen molar-refractivity contribution in [1.82, 2.24) is 0 Å². The SMILES string of the molecule is Cc1cccc(C)c1N1COc2ccc3c(c2C1)OC=CC3. The summed E-state index contributed by atoms with van der Waals surface area (Å²) in [5.74, 6) is 1.91. The summed E-state index contributed by atoms with van der Waals surface area (Å²) in [4.78, 5) is 2.29. The van der Waals surface area contributed by atoms with Gasteiger partial charge in [0.05, 0.1) is 18.4 Å². The summed E-state index contributed by atoms with van der Waals surface area (Å²) in [6.45, 7) is 5.69. The van der Waals surface area contributed by atoms with Gasteiger partial charge >= 0.3 is 0 Å². The summed E-state index contributed by atoms with van der Waals surface area (Å²) in [7, 11) is 0. The highest BCUT2D eigenvalue weighted by molar-refractivity contribution is 5.62. The van der Waals surface area contributed by atoms with Crippen molar-refractivity contribution in [1.29, 1.82) is 0 Å². The molecule has 22 heavy (non-hydrogen) atoms. The van der Waals surface area contributed by atoms with Gasteiger partial charge in [0.2, 0.25) is 0 Å². The largest absolute Gasteiger partial charge is 0.473 e. The molecule has 2 aromatic rings. The highest BCUT2D eigenvalue weighted by atomic mass is 16.5. The Morgan fingerprint density at radius 2 is 1.86 bits per heavy atom. The van der Waals surface area contributed by atoms with Gasteiger partial charge in [0.15, 0.2) is 6.73 Å². The number of anilines is 1. The van der Waals surface area contributed by atoms with E-state index in [4.69, 9.17) is 9.47 Å². The van der Waals surface area contributed by atoms with Gasteiger partial charge in [-0.2, -0.15) is 0 Å². The molecule has 0 aliphatic carbocycles. The number of ether oxygens (including phenoxy) is 2. The van der Waals surface area contributed by atoms with Crippen molar-refractivity contribution in [2.75, 3.05) is 11.6 Å². The molecule has 0 spiro atoms. The Morgan fingerprint density at radius 3 is 2.68 bits per heavy atom. The smallest absolute Gasteiger partial charge is 0.161 e. The summed E-state index contributed by atoms with van der Waals surface area (Å²) < 4.78 is 11.8. The Kier molecular flexibility index (Phi) is 3.07. The number of benzene rings is 2. The predicted octanol–water partition coefficient (Wildman–Crippen LogP) is 4.11. The number of aryl methyl sites for hydroxylation is 2. The van der Waals surface area contributed by atoms with Crippen LogP contribution in [0, 0.1) is 13.8 Å². The number of para-hydroxylation sites is 1. The Morgan fingerprint density at radius 1 is 1.05 bits per heavy atom. The van der Waals surface area contributed by atoms with E-state index in [-0.39, 0.29) is 0 Å². The quantitative estimate of drug-likeness (QED) is 0.790. The van der Waals surface area contributed by atoms with Crippen LogP contribution in [-0.4, -0.2) is 6.73 Å². The molecule has 112 valence electrons. The average molecular weight is 293 g/mol. The van der Waals surface area contributed by atoms with Crippen LogP contribution in [0.2, 0.25) is 0 Å². The van der Waals surface area contributed by atoms with Crippen LogP contribution in [-0.2, 0) is 13.0 Å². The predicted molar refractivity (Wildman–Crippen MR) is 87.5 cm³/mol. The molecule has 0 aromatic heterocycles. The fourth-order valence-electron chi connectivity index (χ4n) is 3.37. The van der Waals surface area contributed by atoms with Gasteiger partial charge in [0, 0.05) is 5.69 Å². The standard InChI is InChI=1S/C19H19NO2/c1-13-5-3-6-14(2)18(13)20-11-16-17(22-12-20)9-8-15-7-4-10-21-19(15)16/h3-6,8-10H,7,11-12H2,1-2H3. The summed E-state index contributed by atoms with van der Waals surface area (Å²) in [5.41, 5.74) is 6.19. The van der Waals surface area contributed by atoms with Gasteiger partial charge < -0.3 is 14.4 Å². The maximum absolute atomic E-state index is 5.99. The first-order chi connectivity index (χ1) is 10.7. The van der Waals surface area contributed by atoms with Gasteiger partial charge in [-0.15, -0.1) is 0 Å².